The normalized spacial score (nSPS) is 12.5. The molecule has 0 radical (unpaired) electrons. The highest BCUT2D eigenvalue weighted by molar-refractivity contribution is 7.92. The largest absolute Gasteiger partial charge is 0.494 e. The summed E-state index contributed by atoms with van der Waals surface area (Å²) in [5.74, 6) is -1.08. The SMILES string of the molecule is CCOc1ccc(N(CC(=O)N(Cc2ccccc2F)[C@@H](Cc2ccccc2)C(=O)N[C@H](C)CC)S(=O)(=O)c2ccccc2)cc1. The van der Waals surface area contributed by atoms with E-state index in [0.717, 1.165) is 9.87 Å². The molecule has 0 aliphatic heterocycles. The highest BCUT2D eigenvalue weighted by Crippen LogP contribution is 2.27. The summed E-state index contributed by atoms with van der Waals surface area (Å²) in [5, 5.41) is 2.97. The first kappa shape index (κ1) is 34.2. The van der Waals surface area contributed by atoms with Crippen molar-refractivity contribution in [2.75, 3.05) is 17.5 Å². The van der Waals surface area contributed by atoms with E-state index in [9.17, 15) is 18.0 Å². The monoisotopic (exact) mass is 645 g/mol. The Hall–Kier alpha value is -4.70. The van der Waals surface area contributed by atoms with Crippen LogP contribution in [-0.2, 0) is 32.6 Å². The molecule has 0 unspecified atom stereocenters. The number of hydrogen-bond acceptors (Lipinski definition) is 5. The molecular weight excluding hydrogens is 605 g/mol. The van der Waals surface area contributed by atoms with Gasteiger partial charge in [-0.1, -0.05) is 73.7 Å². The van der Waals surface area contributed by atoms with Gasteiger partial charge >= 0.3 is 0 Å². The topological polar surface area (TPSA) is 96.0 Å². The molecule has 4 aromatic rings. The highest BCUT2D eigenvalue weighted by Gasteiger charge is 2.35. The van der Waals surface area contributed by atoms with E-state index in [1.54, 1.807) is 60.7 Å². The van der Waals surface area contributed by atoms with Crippen LogP contribution in [0.25, 0.3) is 0 Å². The Balaban J connectivity index is 1.81. The van der Waals surface area contributed by atoms with E-state index in [2.05, 4.69) is 5.32 Å². The van der Waals surface area contributed by atoms with Crippen LogP contribution in [0.15, 0.2) is 114 Å². The Morgan fingerprint density at radius 1 is 0.848 bits per heavy atom. The van der Waals surface area contributed by atoms with Crippen LogP contribution in [0.1, 0.15) is 38.3 Å². The van der Waals surface area contributed by atoms with Crippen LogP contribution in [0.2, 0.25) is 0 Å². The van der Waals surface area contributed by atoms with Gasteiger partial charge in [-0.05, 0) is 68.3 Å². The molecule has 0 saturated heterocycles. The number of anilines is 1. The molecule has 0 spiro atoms. The second-order valence-corrected chi connectivity index (χ2v) is 12.8. The van der Waals surface area contributed by atoms with Crippen molar-refractivity contribution in [1.82, 2.24) is 10.2 Å². The van der Waals surface area contributed by atoms with E-state index in [-0.39, 0.29) is 35.2 Å². The molecular formula is C36H40FN3O5S. The van der Waals surface area contributed by atoms with Crippen molar-refractivity contribution >= 4 is 27.5 Å². The zero-order valence-electron chi connectivity index (χ0n) is 26.3. The zero-order chi connectivity index (χ0) is 33.1. The van der Waals surface area contributed by atoms with Crippen molar-refractivity contribution in [1.29, 1.82) is 0 Å². The molecule has 0 aromatic heterocycles. The Kier molecular flexibility index (Phi) is 11.9. The van der Waals surface area contributed by atoms with Crippen molar-refractivity contribution in [3.63, 3.8) is 0 Å². The number of hydrogen-bond donors (Lipinski definition) is 1. The number of benzene rings is 4. The van der Waals surface area contributed by atoms with Crippen molar-refractivity contribution in [3.05, 3.63) is 126 Å². The summed E-state index contributed by atoms with van der Waals surface area (Å²) in [6.07, 6.45) is 0.795. The van der Waals surface area contributed by atoms with Crippen LogP contribution >= 0.6 is 0 Å². The first-order valence-corrected chi connectivity index (χ1v) is 16.8. The Morgan fingerprint density at radius 2 is 1.46 bits per heavy atom. The summed E-state index contributed by atoms with van der Waals surface area (Å²) >= 11 is 0. The minimum absolute atomic E-state index is 0.00677. The second-order valence-electron chi connectivity index (χ2n) is 10.9. The van der Waals surface area contributed by atoms with Gasteiger partial charge in [0.25, 0.3) is 10.0 Å². The maximum atomic E-state index is 15.1. The average Bonchev–Trinajstić information content (AvgIpc) is 3.07. The van der Waals surface area contributed by atoms with Crippen LogP contribution in [0.4, 0.5) is 10.1 Å². The van der Waals surface area contributed by atoms with Crippen LogP contribution in [-0.4, -0.2) is 50.4 Å². The third-order valence-corrected chi connectivity index (χ3v) is 9.40. The van der Waals surface area contributed by atoms with E-state index in [4.69, 9.17) is 4.74 Å². The number of nitrogens with one attached hydrogen (secondary N) is 1. The van der Waals surface area contributed by atoms with Crippen molar-refractivity contribution in [3.8, 4) is 5.75 Å². The molecule has 10 heteroatoms. The summed E-state index contributed by atoms with van der Waals surface area (Å²) in [6, 6.07) is 28.2. The molecule has 0 aliphatic rings. The molecule has 4 rings (SSSR count). The molecule has 0 fully saturated rings. The summed E-state index contributed by atoms with van der Waals surface area (Å²) in [7, 11) is -4.25. The van der Waals surface area contributed by atoms with Gasteiger partial charge in [0.2, 0.25) is 11.8 Å². The fourth-order valence-corrected chi connectivity index (χ4v) is 6.36. The predicted octanol–water partition coefficient (Wildman–Crippen LogP) is 5.97. The van der Waals surface area contributed by atoms with Gasteiger partial charge in [0.05, 0.1) is 17.2 Å². The number of carbonyl (C=O) groups excluding carboxylic acids is 2. The van der Waals surface area contributed by atoms with Crippen molar-refractivity contribution in [2.45, 2.75) is 57.1 Å². The van der Waals surface area contributed by atoms with Gasteiger partial charge in [-0.25, -0.2) is 12.8 Å². The van der Waals surface area contributed by atoms with Gasteiger partial charge < -0.3 is 15.0 Å². The molecule has 4 aromatic carbocycles. The van der Waals surface area contributed by atoms with Crippen LogP contribution in [0.5, 0.6) is 5.75 Å². The number of halogens is 1. The first-order valence-electron chi connectivity index (χ1n) is 15.3. The van der Waals surface area contributed by atoms with Gasteiger partial charge in [-0.2, -0.15) is 0 Å². The van der Waals surface area contributed by atoms with E-state index in [1.807, 2.05) is 51.1 Å². The highest BCUT2D eigenvalue weighted by atomic mass is 32.2. The van der Waals surface area contributed by atoms with E-state index in [1.165, 1.54) is 23.1 Å². The number of carbonyl (C=O) groups is 2. The van der Waals surface area contributed by atoms with E-state index < -0.39 is 40.2 Å². The molecule has 0 aliphatic carbocycles. The molecule has 0 bridgehead atoms. The van der Waals surface area contributed by atoms with Gasteiger partial charge in [0.15, 0.2) is 0 Å². The summed E-state index contributed by atoms with van der Waals surface area (Å²) in [6.45, 7) is 5.17. The molecule has 2 atom stereocenters. The maximum absolute atomic E-state index is 15.1. The predicted molar refractivity (Wildman–Crippen MR) is 177 cm³/mol. The van der Waals surface area contributed by atoms with Gasteiger partial charge in [0, 0.05) is 24.6 Å². The fourth-order valence-electron chi connectivity index (χ4n) is 4.93. The first-order chi connectivity index (χ1) is 22.1. The summed E-state index contributed by atoms with van der Waals surface area (Å²) in [4.78, 5) is 29.6. The molecule has 242 valence electrons. The molecule has 46 heavy (non-hydrogen) atoms. The van der Waals surface area contributed by atoms with Crippen molar-refractivity contribution < 1.29 is 27.1 Å². The lowest BCUT2D eigenvalue weighted by Gasteiger charge is -2.34. The third kappa shape index (κ3) is 8.72. The Labute approximate surface area is 270 Å². The van der Waals surface area contributed by atoms with Gasteiger partial charge in [0.1, 0.15) is 24.2 Å². The number of ether oxygens (including phenoxy) is 1. The molecule has 0 heterocycles. The van der Waals surface area contributed by atoms with Crippen LogP contribution < -0.4 is 14.4 Å². The quantitative estimate of drug-likeness (QED) is 0.172. The third-order valence-electron chi connectivity index (χ3n) is 7.62. The average molecular weight is 646 g/mol. The number of rotatable bonds is 15. The van der Waals surface area contributed by atoms with Crippen molar-refractivity contribution in [2.24, 2.45) is 0 Å². The Bertz CT molecular complexity index is 1690. The standard InChI is InChI=1S/C36H40FN3O5S/c1-4-27(3)38-36(42)34(24-28-14-8-6-9-15-28)39(25-29-16-12-13-19-33(29)37)35(41)26-40(30-20-22-31(23-21-30)45-5-2)46(43,44)32-17-10-7-11-18-32/h6-23,27,34H,4-5,24-26H2,1-3H3,(H,38,42)/t27-,34+/m1/s1. The zero-order valence-corrected chi connectivity index (χ0v) is 27.1. The van der Waals surface area contributed by atoms with Crippen LogP contribution in [0, 0.1) is 5.82 Å². The molecule has 2 amide bonds. The van der Waals surface area contributed by atoms with Gasteiger partial charge in [-0.15, -0.1) is 0 Å². The lowest BCUT2D eigenvalue weighted by atomic mass is 10.0. The Morgan fingerprint density at radius 3 is 2.07 bits per heavy atom. The molecule has 8 nitrogen and oxygen atoms in total. The smallest absolute Gasteiger partial charge is 0.264 e. The van der Waals surface area contributed by atoms with Gasteiger partial charge in [-0.3, -0.25) is 13.9 Å². The van der Waals surface area contributed by atoms with Crippen LogP contribution in [0.3, 0.4) is 0 Å². The number of nitrogens with zero attached hydrogens (tertiary/aromatic N) is 2. The molecule has 0 saturated carbocycles. The minimum atomic E-state index is -4.25. The number of amides is 2. The minimum Gasteiger partial charge on any atom is -0.494 e. The number of sulfonamides is 1. The second kappa shape index (κ2) is 16.0. The fraction of sp³-hybridized carbons (Fsp3) is 0.278. The summed E-state index contributed by atoms with van der Waals surface area (Å²) in [5.41, 5.74) is 1.22. The lowest BCUT2D eigenvalue weighted by molar-refractivity contribution is -0.140. The summed E-state index contributed by atoms with van der Waals surface area (Å²) < 4.78 is 49.8. The van der Waals surface area contributed by atoms with E-state index in [0.29, 0.717) is 18.8 Å². The lowest BCUT2D eigenvalue weighted by Crippen LogP contribution is -2.54. The van der Waals surface area contributed by atoms with E-state index >= 15 is 4.39 Å². The molecule has 1 N–H and O–H groups in total. The maximum Gasteiger partial charge on any atom is 0.264 e.